The molecule has 0 bridgehead atoms. The van der Waals surface area contributed by atoms with E-state index in [1.807, 2.05) is 13.8 Å². The topological polar surface area (TPSA) is 62.1 Å². The maximum absolute atomic E-state index is 13.4. The van der Waals surface area contributed by atoms with Gasteiger partial charge in [-0.15, -0.1) is 0 Å². The number of carbonyl (C=O) groups excluding carboxylic acids is 1. The highest BCUT2D eigenvalue weighted by molar-refractivity contribution is 5.98. The lowest BCUT2D eigenvalue weighted by atomic mass is 9.99. The Morgan fingerprint density at radius 1 is 1.36 bits per heavy atom. The van der Waals surface area contributed by atoms with Crippen LogP contribution in [0.2, 0.25) is 0 Å². The molecule has 25 heavy (non-hydrogen) atoms. The van der Waals surface area contributed by atoms with E-state index in [0.717, 1.165) is 0 Å². The predicted molar refractivity (Wildman–Crippen MR) is 86.3 cm³/mol. The van der Waals surface area contributed by atoms with E-state index < -0.39 is 24.2 Å². The van der Waals surface area contributed by atoms with Gasteiger partial charge in [0.05, 0.1) is 7.11 Å². The van der Waals surface area contributed by atoms with Crippen LogP contribution in [-0.4, -0.2) is 40.7 Å². The summed E-state index contributed by atoms with van der Waals surface area (Å²) in [4.78, 5) is 12.5. The quantitative estimate of drug-likeness (QED) is 0.875. The molecule has 0 radical (unpaired) electrons. The number of ether oxygens (including phenoxy) is 1. The van der Waals surface area contributed by atoms with Gasteiger partial charge >= 0.3 is 6.18 Å². The Hall–Kier alpha value is -2.09. The Balaban J connectivity index is 2.32. The van der Waals surface area contributed by atoms with Crippen molar-refractivity contribution in [1.82, 2.24) is 5.01 Å². The third-order valence-electron chi connectivity index (χ3n) is 4.04. The average Bonchev–Trinajstić information content (AvgIpc) is 2.90. The van der Waals surface area contributed by atoms with Crippen molar-refractivity contribution in [2.75, 3.05) is 7.11 Å². The molecule has 1 amide bonds. The second-order valence-electron chi connectivity index (χ2n) is 6.44. The van der Waals surface area contributed by atoms with Gasteiger partial charge in [-0.25, -0.2) is 0 Å². The van der Waals surface area contributed by atoms with Crippen LogP contribution in [0.5, 0.6) is 5.75 Å². The molecule has 138 valence electrons. The summed E-state index contributed by atoms with van der Waals surface area (Å²) in [5, 5.41) is 14.2. The first kappa shape index (κ1) is 19.2. The zero-order valence-electron chi connectivity index (χ0n) is 14.3. The van der Waals surface area contributed by atoms with E-state index in [1.165, 1.54) is 31.4 Å². The highest BCUT2D eigenvalue weighted by Gasteiger charge is 2.63. The highest BCUT2D eigenvalue weighted by Crippen LogP contribution is 2.41. The van der Waals surface area contributed by atoms with Gasteiger partial charge < -0.3 is 9.84 Å². The molecule has 1 atom stereocenters. The van der Waals surface area contributed by atoms with Crippen LogP contribution in [0.1, 0.15) is 43.5 Å². The van der Waals surface area contributed by atoms with Gasteiger partial charge in [0.25, 0.3) is 11.6 Å². The molecular weight excluding hydrogens is 337 g/mol. The molecule has 0 aliphatic carbocycles. The molecule has 1 aliphatic heterocycles. The van der Waals surface area contributed by atoms with E-state index in [0.29, 0.717) is 18.6 Å². The summed E-state index contributed by atoms with van der Waals surface area (Å²) in [6.07, 6.45) is -4.83. The van der Waals surface area contributed by atoms with Crippen LogP contribution in [0.15, 0.2) is 29.4 Å². The van der Waals surface area contributed by atoms with Crippen LogP contribution in [-0.2, 0) is 0 Å². The van der Waals surface area contributed by atoms with Crippen molar-refractivity contribution >= 4 is 11.6 Å². The number of benzene rings is 1. The lowest BCUT2D eigenvalue weighted by molar-refractivity contribution is -0.297. The fourth-order valence-electron chi connectivity index (χ4n) is 2.50. The van der Waals surface area contributed by atoms with Crippen molar-refractivity contribution in [2.45, 2.75) is 45.0 Å². The first-order valence-corrected chi connectivity index (χ1v) is 7.92. The molecule has 5 nitrogen and oxygen atoms in total. The number of alkyl halides is 3. The Morgan fingerprint density at radius 2 is 1.96 bits per heavy atom. The summed E-state index contributed by atoms with van der Waals surface area (Å²) in [7, 11) is 1.44. The molecule has 1 aromatic carbocycles. The molecule has 1 aromatic rings. The zero-order valence-corrected chi connectivity index (χ0v) is 14.3. The number of nitrogens with zero attached hydrogens (tertiary/aromatic N) is 2. The van der Waals surface area contributed by atoms with Crippen molar-refractivity contribution in [1.29, 1.82) is 0 Å². The van der Waals surface area contributed by atoms with Crippen LogP contribution in [0.4, 0.5) is 13.2 Å². The van der Waals surface area contributed by atoms with Gasteiger partial charge in [-0.3, -0.25) is 4.79 Å². The fraction of sp³-hybridized carbons (Fsp3) is 0.529. The number of aliphatic hydroxyl groups is 1. The molecule has 8 heteroatoms. The Labute approximate surface area is 144 Å². The molecule has 2 rings (SSSR count). The van der Waals surface area contributed by atoms with E-state index in [4.69, 9.17) is 4.74 Å². The molecule has 1 unspecified atom stereocenters. The summed E-state index contributed by atoms with van der Waals surface area (Å²) >= 11 is 0. The van der Waals surface area contributed by atoms with Crippen molar-refractivity contribution in [3.63, 3.8) is 0 Å². The highest BCUT2D eigenvalue weighted by atomic mass is 19.4. The maximum atomic E-state index is 13.4. The van der Waals surface area contributed by atoms with E-state index in [1.54, 1.807) is 0 Å². The summed E-state index contributed by atoms with van der Waals surface area (Å²) in [6, 6.07) is 5.58. The number of halogens is 3. The maximum Gasteiger partial charge on any atom is 0.438 e. The van der Waals surface area contributed by atoms with Crippen molar-refractivity contribution in [3.05, 3.63) is 29.8 Å². The van der Waals surface area contributed by atoms with Gasteiger partial charge in [0.1, 0.15) is 5.75 Å². The summed E-state index contributed by atoms with van der Waals surface area (Å²) in [6.45, 7) is 3.87. The zero-order chi connectivity index (χ0) is 18.8. The number of carbonyl (C=O) groups is 1. The number of amides is 1. The minimum absolute atomic E-state index is 0.0164. The second-order valence-corrected chi connectivity index (χ2v) is 6.44. The van der Waals surface area contributed by atoms with Crippen LogP contribution in [0.25, 0.3) is 0 Å². The minimum atomic E-state index is -5.02. The van der Waals surface area contributed by atoms with Gasteiger partial charge in [0.2, 0.25) is 0 Å². The molecule has 1 N–H and O–H groups in total. The third-order valence-corrected chi connectivity index (χ3v) is 4.04. The largest absolute Gasteiger partial charge is 0.497 e. The second kappa shape index (κ2) is 7.03. The van der Waals surface area contributed by atoms with Gasteiger partial charge in [-0.05, 0) is 43.0 Å². The fourth-order valence-corrected chi connectivity index (χ4v) is 2.50. The SMILES string of the molecule is COc1ccc(C(=O)N2N=C(CCC(C)C)CC2(O)C(F)(F)F)cc1. The summed E-state index contributed by atoms with van der Waals surface area (Å²) < 4.78 is 45.2. The minimum Gasteiger partial charge on any atom is -0.497 e. The third kappa shape index (κ3) is 3.95. The molecule has 1 heterocycles. The standard InChI is InChI=1S/C17H21F3N2O3/c1-11(2)4-7-13-10-16(24,17(18,19)20)22(21-13)15(23)12-5-8-14(25-3)9-6-12/h5-6,8-9,11,24H,4,7,10H2,1-3H3. The first-order chi connectivity index (χ1) is 11.6. The van der Waals surface area contributed by atoms with Gasteiger partial charge in [0.15, 0.2) is 0 Å². The molecule has 0 fully saturated rings. The van der Waals surface area contributed by atoms with Crippen LogP contribution in [0.3, 0.4) is 0 Å². The molecule has 0 spiro atoms. The van der Waals surface area contributed by atoms with E-state index >= 15 is 0 Å². The molecule has 1 aliphatic rings. The van der Waals surface area contributed by atoms with Crippen LogP contribution in [0, 0.1) is 5.92 Å². The lowest BCUT2D eigenvalue weighted by Gasteiger charge is -2.32. The lowest BCUT2D eigenvalue weighted by Crippen LogP contribution is -2.56. The molecule has 0 saturated heterocycles. The Kier molecular flexibility index (Phi) is 5.41. The number of rotatable bonds is 5. The van der Waals surface area contributed by atoms with Crippen LogP contribution >= 0.6 is 0 Å². The number of hydrogen-bond donors (Lipinski definition) is 1. The average molecular weight is 358 g/mol. The first-order valence-electron chi connectivity index (χ1n) is 7.92. The monoisotopic (exact) mass is 358 g/mol. The molecule has 0 saturated carbocycles. The number of hydrazone groups is 1. The van der Waals surface area contributed by atoms with Gasteiger partial charge in [0, 0.05) is 17.7 Å². The molecular formula is C17H21F3N2O3. The normalized spacial score (nSPS) is 20.8. The van der Waals surface area contributed by atoms with Crippen molar-refractivity contribution in [3.8, 4) is 5.75 Å². The number of hydrogen-bond acceptors (Lipinski definition) is 4. The molecule has 0 aromatic heterocycles. The summed E-state index contributed by atoms with van der Waals surface area (Å²) in [5.74, 6) is -0.278. The Morgan fingerprint density at radius 3 is 2.44 bits per heavy atom. The van der Waals surface area contributed by atoms with E-state index in [-0.39, 0.29) is 22.2 Å². The summed E-state index contributed by atoms with van der Waals surface area (Å²) in [5.41, 5.74) is -3.18. The number of methoxy groups -OCH3 is 1. The van der Waals surface area contributed by atoms with Gasteiger partial charge in [-0.1, -0.05) is 13.8 Å². The van der Waals surface area contributed by atoms with E-state index in [2.05, 4.69) is 5.10 Å². The van der Waals surface area contributed by atoms with Crippen molar-refractivity contribution in [2.24, 2.45) is 11.0 Å². The predicted octanol–water partition coefficient (Wildman–Crippen LogP) is 3.58. The van der Waals surface area contributed by atoms with Crippen molar-refractivity contribution < 1.29 is 27.8 Å². The van der Waals surface area contributed by atoms with Crippen LogP contribution < -0.4 is 4.74 Å². The van der Waals surface area contributed by atoms with E-state index in [9.17, 15) is 23.1 Å². The Bertz CT molecular complexity index is 656. The van der Waals surface area contributed by atoms with Gasteiger partial charge in [-0.2, -0.15) is 23.3 Å². The smallest absolute Gasteiger partial charge is 0.438 e.